The first-order chi connectivity index (χ1) is 17.5. The Morgan fingerprint density at radius 2 is 1.70 bits per heavy atom. The second-order valence-electron chi connectivity index (χ2n) is 9.11. The smallest absolute Gasteiger partial charge is 0.324 e. The van der Waals surface area contributed by atoms with Gasteiger partial charge in [-0.3, -0.25) is 5.32 Å². The predicted molar refractivity (Wildman–Crippen MR) is 147 cm³/mol. The summed E-state index contributed by atoms with van der Waals surface area (Å²) in [5.74, 6) is 2.25. The van der Waals surface area contributed by atoms with Crippen molar-refractivity contribution in [3.8, 4) is 22.9 Å². The van der Waals surface area contributed by atoms with Gasteiger partial charge in [-0.2, -0.15) is 5.10 Å². The fourth-order valence-electron chi connectivity index (χ4n) is 3.35. The monoisotopic (exact) mass is 540 g/mol. The summed E-state index contributed by atoms with van der Waals surface area (Å²) in [5, 5.41) is 10.5. The minimum atomic E-state index is -0.524. The number of nitrogen functional groups attached to an aromatic ring is 1. The summed E-state index contributed by atoms with van der Waals surface area (Å²) in [6.45, 7) is 6.13. The van der Waals surface area contributed by atoms with Crippen molar-refractivity contribution >= 4 is 46.6 Å². The minimum absolute atomic E-state index is 0.121. The van der Waals surface area contributed by atoms with Gasteiger partial charge in [0.15, 0.2) is 0 Å². The number of amides is 2. The van der Waals surface area contributed by atoms with Gasteiger partial charge in [-0.15, -0.1) is 0 Å². The van der Waals surface area contributed by atoms with Gasteiger partial charge in [-0.05, 0) is 42.5 Å². The van der Waals surface area contributed by atoms with Gasteiger partial charge in [0.05, 0.1) is 29.2 Å². The first-order valence-electron chi connectivity index (χ1n) is 11.3. The Balaban J connectivity index is 1.55. The Bertz CT molecular complexity index is 1430. The number of halogens is 2. The SMILES string of the molecule is COc1ccc(-n2nc(C(C)(C)C)cc2NC(=O)Nc2ccc(Oc3ccnc(N)c3)c(Cl)c2Cl)cc1. The van der Waals surface area contributed by atoms with Crippen molar-refractivity contribution in [2.75, 3.05) is 23.5 Å². The summed E-state index contributed by atoms with van der Waals surface area (Å²) in [5.41, 5.74) is 7.31. The van der Waals surface area contributed by atoms with Crippen LogP contribution in [0.1, 0.15) is 26.5 Å². The first-order valence-corrected chi connectivity index (χ1v) is 12.0. The zero-order chi connectivity index (χ0) is 26.7. The molecule has 2 aromatic heterocycles. The number of aromatic nitrogens is 3. The molecular weight excluding hydrogens is 515 g/mol. The molecule has 0 spiro atoms. The van der Waals surface area contributed by atoms with E-state index in [0.717, 1.165) is 11.4 Å². The van der Waals surface area contributed by atoms with Crippen LogP contribution >= 0.6 is 23.2 Å². The van der Waals surface area contributed by atoms with Crippen LogP contribution in [0.5, 0.6) is 17.2 Å². The van der Waals surface area contributed by atoms with Gasteiger partial charge < -0.3 is 20.5 Å². The molecule has 0 aliphatic carbocycles. The molecule has 0 aliphatic rings. The van der Waals surface area contributed by atoms with E-state index >= 15 is 0 Å². The molecule has 0 unspecified atom stereocenters. The van der Waals surface area contributed by atoms with E-state index in [1.807, 2.05) is 51.1 Å². The summed E-state index contributed by atoms with van der Waals surface area (Å²) in [6, 6.07) is 15.0. The summed E-state index contributed by atoms with van der Waals surface area (Å²) in [4.78, 5) is 16.9. The molecule has 0 saturated heterocycles. The molecule has 4 N–H and O–H groups in total. The zero-order valence-corrected chi connectivity index (χ0v) is 22.2. The van der Waals surface area contributed by atoms with Gasteiger partial charge in [0.2, 0.25) is 0 Å². The van der Waals surface area contributed by atoms with Crippen molar-refractivity contribution in [3.05, 3.63) is 76.5 Å². The summed E-state index contributed by atoms with van der Waals surface area (Å²) >= 11 is 12.9. The molecular formula is C26H26Cl2N6O3. The maximum atomic E-state index is 13.0. The molecule has 2 aromatic carbocycles. The third-order valence-corrected chi connectivity index (χ3v) is 6.18. The fourth-order valence-corrected chi connectivity index (χ4v) is 3.76. The number of anilines is 3. The number of nitrogens with two attached hydrogens (primary N) is 1. The Kier molecular flexibility index (Phi) is 7.47. The van der Waals surface area contributed by atoms with Crippen molar-refractivity contribution in [2.24, 2.45) is 0 Å². The molecule has 0 bridgehead atoms. The van der Waals surface area contributed by atoms with E-state index in [2.05, 4.69) is 15.6 Å². The van der Waals surface area contributed by atoms with Crippen LogP contribution in [0.15, 0.2) is 60.8 Å². The third kappa shape index (κ3) is 6.07. The molecule has 0 fully saturated rings. The lowest BCUT2D eigenvalue weighted by molar-refractivity contribution is 0.262. The maximum Gasteiger partial charge on any atom is 0.324 e. The van der Waals surface area contributed by atoms with E-state index < -0.39 is 6.03 Å². The number of rotatable bonds is 6. The van der Waals surface area contributed by atoms with Gasteiger partial charge in [-0.1, -0.05) is 44.0 Å². The van der Waals surface area contributed by atoms with Crippen LogP contribution in [0.2, 0.25) is 10.0 Å². The number of methoxy groups -OCH3 is 1. The highest BCUT2D eigenvalue weighted by Crippen LogP contribution is 2.39. The highest BCUT2D eigenvalue weighted by Gasteiger charge is 2.22. The van der Waals surface area contributed by atoms with Crippen LogP contribution < -0.4 is 25.8 Å². The molecule has 0 aliphatic heterocycles. The van der Waals surface area contributed by atoms with E-state index in [4.69, 9.17) is 43.5 Å². The first kappa shape index (κ1) is 26.1. The molecule has 4 aromatic rings. The molecule has 192 valence electrons. The number of ether oxygens (including phenoxy) is 2. The van der Waals surface area contributed by atoms with Gasteiger partial charge in [-0.25, -0.2) is 14.5 Å². The number of carbonyl (C=O) groups excluding carboxylic acids is 1. The fraction of sp³-hybridized carbons (Fsp3) is 0.192. The zero-order valence-electron chi connectivity index (χ0n) is 20.7. The second kappa shape index (κ2) is 10.6. The average Bonchev–Trinajstić information content (AvgIpc) is 3.28. The third-order valence-electron chi connectivity index (χ3n) is 5.31. The molecule has 0 saturated carbocycles. The lowest BCUT2D eigenvalue weighted by atomic mass is 9.92. The number of urea groups is 1. The molecule has 2 heterocycles. The minimum Gasteiger partial charge on any atom is -0.497 e. The second-order valence-corrected chi connectivity index (χ2v) is 9.87. The van der Waals surface area contributed by atoms with E-state index in [1.165, 1.54) is 6.20 Å². The Labute approximate surface area is 224 Å². The lowest BCUT2D eigenvalue weighted by Gasteiger charge is -2.14. The van der Waals surface area contributed by atoms with Gasteiger partial charge >= 0.3 is 6.03 Å². The van der Waals surface area contributed by atoms with E-state index in [0.29, 0.717) is 34.6 Å². The molecule has 4 rings (SSSR count). The summed E-state index contributed by atoms with van der Waals surface area (Å²) in [7, 11) is 1.60. The van der Waals surface area contributed by atoms with Crippen LogP contribution in [-0.4, -0.2) is 27.9 Å². The Morgan fingerprint density at radius 1 is 0.973 bits per heavy atom. The van der Waals surface area contributed by atoms with Crippen LogP contribution in [0.25, 0.3) is 5.69 Å². The van der Waals surface area contributed by atoms with Crippen molar-refractivity contribution < 1.29 is 14.3 Å². The van der Waals surface area contributed by atoms with Crippen LogP contribution in [0.3, 0.4) is 0 Å². The summed E-state index contributed by atoms with van der Waals surface area (Å²) in [6.07, 6.45) is 1.52. The standard InChI is InChI=1S/C26H26Cl2N6O3/c1-26(2,3)20-14-22(34(33-20)15-5-7-16(36-4)8-6-15)32-25(35)31-18-9-10-19(24(28)23(18)27)37-17-11-12-30-21(29)13-17/h5-14H,1-4H3,(H2,29,30)(H2,31,32,35). The normalized spacial score (nSPS) is 11.2. The molecule has 9 nitrogen and oxygen atoms in total. The highest BCUT2D eigenvalue weighted by molar-refractivity contribution is 6.45. The van der Waals surface area contributed by atoms with Crippen LogP contribution in [0.4, 0.5) is 22.1 Å². The van der Waals surface area contributed by atoms with Gasteiger partial charge in [0, 0.05) is 23.7 Å². The van der Waals surface area contributed by atoms with Gasteiger partial charge in [0.25, 0.3) is 0 Å². The van der Waals surface area contributed by atoms with E-state index in [1.54, 1.807) is 36.1 Å². The largest absolute Gasteiger partial charge is 0.497 e. The number of hydrogen-bond donors (Lipinski definition) is 3. The number of nitrogens with zero attached hydrogens (tertiary/aromatic N) is 3. The van der Waals surface area contributed by atoms with Crippen LogP contribution in [0, 0.1) is 0 Å². The van der Waals surface area contributed by atoms with Crippen molar-refractivity contribution in [1.82, 2.24) is 14.8 Å². The van der Waals surface area contributed by atoms with Crippen molar-refractivity contribution in [1.29, 1.82) is 0 Å². The topological polar surface area (TPSA) is 116 Å². The molecule has 11 heteroatoms. The number of benzene rings is 2. The molecule has 37 heavy (non-hydrogen) atoms. The summed E-state index contributed by atoms with van der Waals surface area (Å²) < 4.78 is 12.7. The molecule has 0 atom stereocenters. The van der Waals surface area contributed by atoms with E-state index in [-0.39, 0.29) is 15.5 Å². The highest BCUT2D eigenvalue weighted by atomic mass is 35.5. The van der Waals surface area contributed by atoms with E-state index in [9.17, 15) is 4.79 Å². The lowest BCUT2D eigenvalue weighted by Crippen LogP contribution is -2.21. The quantitative estimate of drug-likeness (QED) is 0.245. The van der Waals surface area contributed by atoms with Gasteiger partial charge in [0.1, 0.15) is 33.9 Å². The van der Waals surface area contributed by atoms with Crippen molar-refractivity contribution in [2.45, 2.75) is 26.2 Å². The number of nitrogens with one attached hydrogen (secondary N) is 2. The average molecular weight is 541 g/mol. The Morgan fingerprint density at radius 3 is 2.35 bits per heavy atom. The van der Waals surface area contributed by atoms with Crippen LogP contribution in [-0.2, 0) is 5.41 Å². The van der Waals surface area contributed by atoms with Crippen molar-refractivity contribution in [3.63, 3.8) is 0 Å². The number of hydrogen-bond acceptors (Lipinski definition) is 6. The number of pyridine rings is 1. The predicted octanol–water partition coefficient (Wildman–Crippen LogP) is 6.90. The Hall–Kier alpha value is -3.95. The molecule has 2 amide bonds. The molecule has 0 radical (unpaired) electrons. The maximum absolute atomic E-state index is 13.0. The number of carbonyl (C=O) groups is 1.